The van der Waals surface area contributed by atoms with E-state index in [0.29, 0.717) is 5.69 Å². The number of anilines is 1. The third-order valence-corrected chi connectivity index (χ3v) is 4.18. The Balaban J connectivity index is 1.91. The van der Waals surface area contributed by atoms with Gasteiger partial charge in [0.15, 0.2) is 0 Å². The van der Waals surface area contributed by atoms with Gasteiger partial charge in [0.1, 0.15) is 6.04 Å². The van der Waals surface area contributed by atoms with Gasteiger partial charge in [-0.15, -0.1) is 0 Å². The first-order valence-electron chi connectivity index (χ1n) is 6.39. The molecule has 112 valence electrons. The molecule has 2 heterocycles. The van der Waals surface area contributed by atoms with E-state index in [-0.39, 0.29) is 18.4 Å². The molecule has 0 bridgehead atoms. The number of thioether (sulfide) groups is 1. The van der Waals surface area contributed by atoms with E-state index in [1.165, 1.54) is 0 Å². The van der Waals surface area contributed by atoms with Crippen LogP contribution < -0.4 is 5.06 Å². The van der Waals surface area contributed by atoms with Gasteiger partial charge < -0.3 is 4.98 Å². The Morgan fingerprint density at radius 2 is 1.90 bits per heavy atom. The molecule has 7 heteroatoms. The van der Waals surface area contributed by atoms with Gasteiger partial charge in [-0.2, -0.15) is 13.2 Å². The molecule has 0 spiro atoms. The molecule has 1 aromatic carbocycles. The number of hydrogen-bond acceptors (Lipinski definition) is 3. The fraction of sp³-hybridized carbons (Fsp3) is 0.286. The predicted octanol–water partition coefficient (Wildman–Crippen LogP) is 4.13. The topological polar surface area (TPSA) is 28.3 Å². The molecule has 3 nitrogen and oxygen atoms in total. The van der Waals surface area contributed by atoms with Gasteiger partial charge in [-0.3, -0.25) is 4.84 Å². The molecule has 1 aliphatic heterocycles. The van der Waals surface area contributed by atoms with Gasteiger partial charge in [0, 0.05) is 11.9 Å². The molecule has 0 saturated carbocycles. The molecular weight excluding hydrogens is 301 g/mol. The molecule has 2 aromatic rings. The van der Waals surface area contributed by atoms with E-state index in [4.69, 9.17) is 4.84 Å². The van der Waals surface area contributed by atoms with E-state index < -0.39 is 16.8 Å². The van der Waals surface area contributed by atoms with Crippen LogP contribution in [0.4, 0.5) is 18.9 Å². The van der Waals surface area contributed by atoms with Crippen LogP contribution in [-0.4, -0.2) is 22.3 Å². The normalized spacial score (nSPS) is 22.7. The van der Waals surface area contributed by atoms with E-state index in [2.05, 4.69) is 4.98 Å². The van der Waals surface area contributed by atoms with Crippen LogP contribution in [0.3, 0.4) is 0 Å². The number of benzene rings is 1. The number of rotatable bonds is 3. The van der Waals surface area contributed by atoms with Gasteiger partial charge in [-0.1, -0.05) is 18.2 Å². The second kappa shape index (κ2) is 5.65. The number of halogens is 3. The van der Waals surface area contributed by atoms with Crippen molar-refractivity contribution in [2.24, 2.45) is 0 Å². The van der Waals surface area contributed by atoms with Crippen LogP contribution in [0.5, 0.6) is 0 Å². The fourth-order valence-electron chi connectivity index (χ4n) is 2.41. The lowest BCUT2D eigenvalue weighted by Gasteiger charge is -2.26. The van der Waals surface area contributed by atoms with Crippen molar-refractivity contribution < 1.29 is 18.0 Å². The fourth-order valence-corrected chi connectivity index (χ4v) is 3.27. The number of hydrogen-bond donors (Lipinski definition) is 1. The maximum atomic E-state index is 12.7. The molecule has 2 unspecified atom stereocenters. The summed E-state index contributed by atoms with van der Waals surface area (Å²) in [6.07, 6.45) is 1.70. The van der Waals surface area contributed by atoms with E-state index in [1.807, 2.05) is 30.3 Å². The Bertz CT molecular complexity index is 574. The number of alkyl halides is 3. The SMILES string of the molecule is FC(F)(F)SC1CON(c2ccccc2)C1c1ccc[nH]1. The number of nitrogens with zero attached hydrogens (tertiary/aromatic N) is 1. The minimum atomic E-state index is -4.29. The van der Waals surface area contributed by atoms with Crippen LogP contribution in [0.1, 0.15) is 11.7 Å². The summed E-state index contributed by atoms with van der Waals surface area (Å²) in [5.41, 5.74) is -2.84. The molecule has 0 aliphatic carbocycles. The summed E-state index contributed by atoms with van der Waals surface area (Å²) >= 11 is -0.0176. The van der Waals surface area contributed by atoms with E-state index in [0.717, 1.165) is 5.69 Å². The van der Waals surface area contributed by atoms with Crippen molar-refractivity contribution in [3.63, 3.8) is 0 Å². The van der Waals surface area contributed by atoms with Crippen molar-refractivity contribution in [2.75, 3.05) is 11.7 Å². The number of hydroxylamine groups is 1. The Kier molecular flexibility index (Phi) is 3.86. The quantitative estimate of drug-likeness (QED) is 0.923. The molecule has 3 rings (SSSR count). The van der Waals surface area contributed by atoms with Crippen LogP contribution in [0.15, 0.2) is 48.7 Å². The third-order valence-electron chi connectivity index (χ3n) is 3.22. The van der Waals surface area contributed by atoms with E-state index in [1.54, 1.807) is 23.4 Å². The number of nitrogens with one attached hydrogen (secondary N) is 1. The third kappa shape index (κ3) is 3.19. The van der Waals surface area contributed by atoms with Crippen molar-refractivity contribution in [3.05, 3.63) is 54.4 Å². The predicted molar refractivity (Wildman–Crippen MR) is 75.8 cm³/mol. The Morgan fingerprint density at radius 3 is 2.52 bits per heavy atom. The lowest BCUT2D eigenvalue weighted by molar-refractivity contribution is -0.0335. The number of para-hydroxylation sites is 1. The highest BCUT2D eigenvalue weighted by molar-refractivity contribution is 8.00. The minimum absolute atomic E-state index is 0.0166. The number of aromatic nitrogens is 1. The van der Waals surface area contributed by atoms with Gasteiger partial charge in [0.25, 0.3) is 0 Å². The summed E-state index contributed by atoms with van der Waals surface area (Å²) in [4.78, 5) is 8.52. The van der Waals surface area contributed by atoms with Crippen LogP contribution in [0.2, 0.25) is 0 Å². The average Bonchev–Trinajstić information content (AvgIpc) is 3.06. The highest BCUT2D eigenvalue weighted by atomic mass is 32.2. The monoisotopic (exact) mass is 314 g/mol. The van der Waals surface area contributed by atoms with Gasteiger partial charge in [-0.05, 0) is 36.0 Å². The van der Waals surface area contributed by atoms with Crippen molar-refractivity contribution in [1.82, 2.24) is 4.98 Å². The van der Waals surface area contributed by atoms with Gasteiger partial charge in [-0.25, -0.2) is 5.06 Å². The maximum absolute atomic E-state index is 12.7. The number of H-pyrrole nitrogens is 1. The first-order chi connectivity index (χ1) is 10.0. The second-order valence-electron chi connectivity index (χ2n) is 4.63. The van der Waals surface area contributed by atoms with Crippen molar-refractivity contribution in [2.45, 2.75) is 16.8 Å². The average molecular weight is 314 g/mol. The molecule has 0 radical (unpaired) electrons. The Labute approximate surface area is 124 Å². The van der Waals surface area contributed by atoms with Crippen molar-refractivity contribution >= 4 is 17.4 Å². The van der Waals surface area contributed by atoms with Crippen molar-refractivity contribution in [3.8, 4) is 0 Å². The molecule has 1 aromatic heterocycles. The van der Waals surface area contributed by atoms with Crippen LogP contribution in [0.25, 0.3) is 0 Å². The summed E-state index contributed by atoms with van der Waals surface area (Å²) in [5, 5.41) is 0.832. The molecule has 1 aliphatic rings. The minimum Gasteiger partial charge on any atom is -0.363 e. The molecule has 21 heavy (non-hydrogen) atoms. The van der Waals surface area contributed by atoms with Crippen LogP contribution in [-0.2, 0) is 4.84 Å². The highest BCUT2D eigenvalue weighted by Gasteiger charge is 2.44. The summed E-state index contributed by atoms with van der Waals surface area (Å²) in [7, 11) is 0. The smallest absolute Gasteiger partial charge is 0.363 e. The van der Waals surface area contributed by atoms with Crippen LogP contribution in [0, 0.1) is 0 Å². The first-order valence-corrected chi connectivity index (χ1v) is 7.27. The summed E-state index contributed by atoms with van der Waals surface area (Å²) in [5.74, 6) is 0. The standard InChI is InChI=1S/C14H13F3N2OS/c15-14(16,17)21-12-9-20-19(10-5-2-1-3-6-10)13(12)11-7-4-8-18-11/h1-8,12-13,18H,9H2. The lowest BCUT2D eigenvalue weighted by atomic mass is 10.1. The largest absolute Gasteiger partial charge is 0.442 e. The molecule has 2 atom stereocenters. The molecule has 1 fully saturated rings. The number of aromatic amines is 1. The molecule has 0 amide bonds. The zero-order chi connectivity index (χ0) is 14.9. The van der Waals surface area contributed by atoms with Crippen molar-refractivity contribution in [1.29, 1.82) is 0 Å². The highest BCUT2D eigenvalue weighted by Crippen LogP contribution is 2.45. The van der Waals surface area contributed by atoms with Gasteiger partial charge >= 0.3 is 5.51 Å². The second-order valence-corrected chi connectivity index (χ2v) is 5.93. The zero-order valence-corrected chi connectivity index (χ0v) is 11.7. The van der Waals surface area contributed by atoms with Crippen LogP contribution >= 0.6 is 11.8 Å². The van der Waals surface area contributed by atoms with Gasteiger partial charge in [0.2, 0.25) is 0 Å². The summed E-state index contributed by atoms with van der Waals surface area (Å²) < 4.78 is 38.2. The zero-order valence-electron chi connectivity index (χ0n) is 10.9. The summed E-state index contributed by atoms with van der Waals surface area (Å²) in [6, 6.07) is 12.2. The maximum Gasteiger partial charge on any atom is 0.442 e. The summed E-state index contributed by atoms with van der Waals surface area (Å²) in [6.45, 7) is 0.0166. The van der Waals surface area contributed by atoms with E-state index >= 15 is 0 Å². The Morgan fingerprint density at radius 1 is 1.14 bits per heavy atom. The molecule has 1 N–H and O–H groups in total. The molecule has 1 saturated heterocycles. The Hall–Kier alpha value is -1.60. The lowest BCUT2D eigenvalue weighted by Crippen LogP contribution is -2.27. The first kappa shape index (κ1) is 14.3. The van der Waals surface area contributed by atoms with Gasteiger partial charge in [0.05, 0.1) is 17.5 Å². The van der Waals surface area contributed by atoms with E-state index in [9.17, 15) is 13.2 Å². The molecular formula is C14H13F3N2OS.